The van der Waals surface area contributed by atoms with E-state index in [9.17, 15) is 4.79 Å². The molecule has 0 saturated carbocycles. The van der Waals surface area contributed by atoms with Crippen LogP contribution in [0.5, 0.6) is 0 Å². The van der Waals surface area contributed by atoms with Crippen LogP contribution in [0.3, 0.4) is 0 Å². The number of methoxy groups -OCH3 is 1. The molecule has 5 nitrogen and oxygen atoms in total. The minimum atomic E-state index is -1.26. The van der Waals surface area contributed by atoms with Gasteiger partial charge in [-0.05, 0) is 48.3 Å². The van der Waals surface area contributed by atoms with Gasteiger partial charge in [0.05, 0.1) is 25.0 Å². The van der Waals surface area contributed by atoms with E-state index in [-0.39, 0.29) is 11.4 Å². The lowest BCUT2D eigenvalue weighted by Gasteiger charge is -2.42. The Morgan fingerprint density at radius 2 is 1.81 bits per heavy atom. The Hall–Kier alpha value is -2.54. The van der Waals surface area contributed by atoms with Crippen molar-refractivity contribution in [1.29, 1.82) is 0 Å². The summed E-state index contributed by atoms with van der Waals surface area (Å²) < 4.78 is 11.3. The van der Waals surface area contributed by atoms with Crippen LogP contribution in [-0.4, -0.2) is 39.3 Å². The number of benzene rings is 2. The van der Waals surface area contributed by atoms with Crippen molar-refractivity contribution in [2.45, 2.75) is 59.4 Å². The standard InChI is InChI=1S/C29H39ClN2O3Si/c1-8-9-18-29(20-35-36(6)7)31-26(30)25(28(2,3)4)32(29)19-21-14-16-22(17-15-21)23-12-10-11-13-24(23)27(33)34-5/h9-18,31,36H,8,19-20H2,1-7H3. The molecule has 0 aliphatic carbocycles. The Bertz CT molecular complexity index is 1120. The molecule has 3 rings (SSSR count). The van der Waals surface area contributed by atoms with E-state index in [1.54, 1.807) is 6.07 Å². The second-order valence-corrected chi connectivity index (χ2v) is 13.3. The largest absolute Gasteiger partial charge is 0.465 e. The second kappa shape index (κ2) is 11.7. The van der Waals surface area contributed by atoms with Gasteiger partial charge in [0.15, 0.2) is 14.7 Å². The van der Waals surface area contributed by atoms with Gasteiger partial charge in [-0.25, -0.2) is 4.79 Å². The molecule has 0 fully saturated rings. The van der Waals surface area contributed by atoms with Crippen molar-refractivity contribution in [2.24, 2.45) is 5.41 Å². The number of carbonyl (C=O) groups is 1. The van der Waals surface area contributed by atoms with E-state index in [2.05, 4.69) is 87.4 Å². The van der Waals surface area contributed by atoms with Crippen molar-refractivity contribution in [2.75, 3.05) is 13.7 Å². The number of hydrogen-bond acceptors (Lipinski definition) is 5. The Morgan fingerprint density at radius 1 is 1.14 bits per heavy atom. The van der Waals surface area contributed by atoms with Gasteiger partial charge in [0.2, 0.25) is 0 Å². The van der Waals surface area contributed by atoms with Gasteiger partial charge in [0.1, 0.15) is 5.16 Å². The normalized spacial score (nSPS) is 18.3. The molecule has 194 valence electrons. The summed E-state index contributed by atoms with van der Waals surface area (Å²) in [5, 5.41) is 4.25. The first-order valence-electron chi connectivity index (χ1n) is 12.5. The maximum absolute atomic E-state index is 12.3. The van der Waals surface area contributed by atoms with Crippen molar-refractivity contribution in [3.63, 3.8) is 0 Å². The van der Waals surface area contributed by atoms with E-state index in [4.69, 9.17) is 20.8 Å². The Balaban J connectivity index is 2.00. The van der Waals surface area contributed by atoms with Crippen LogP contribution in [0.15, 0.2) is 71.5 Å². The van der Waals surface area contributed by atoms with E-state index in [0.29, 0.717) is 23.9 Å². The predicted molar refractivity (Wildman–Crippen MR) is 151 cm³/mol. The smallest absolute Gasteiger partial charge is 0.338 e. The average molecular weight is 527 g/mol. The van der Waals surface area contributed by atoms with Gasteiger partial charge >= 0.3 is 5.97 Å². The molecule has 1 aliphatic rings. The molecule has 2 aromatic rings. The highest BCUT2D eigenvalue weighted by Gasteiger charge is 2.46. The molecule has 1 unspecified atom stereocenters. The first kappa shape index (κ1) is 28.0. The third-order valence-electron chi connectivity index (χ3n) is 6.20. The predicted octanol–water partition coefficient (Wildman–Crippen LogP) is 6.66. The van der Waals surface area contributed by atoms with E-state index in [1.165, 1.54) is 7.11 Å². The molecule has 0 radical (unpaired) electrons. The zero-order valence-electron chi connectivity index (χ0n) is 22.5. The van der Waals surface area contributed by atoms with Gasteiger partial charge in [-0.15, -0.1) is 0 Å². The van der Waals surface area contributed by atoms with Gasteiger partial charge in [0, 0.05) is 12.0 Å². The van der Waals surface area contributed by atoms with Crippen LogP contribution in [0.1, 0.15) is 50.0 Å². The average Bonchev–Trinajstić information content (AvgIpc) is 3.12. The number of esters is 1. The number of halogens is 1. The molecule has 1 heterocycles. The first-order valence-corrected chi connectivity index (χ1v) is 15.7. The summed E-state index contributed by atoms with van der Waals surface area (Å²) >= 11 is 6.87. The summed E-state index contributed by atoms with van der Waals surface area (Å²) in [6.45, 7) is 14.2. The summed E-state index contributed by atoms with van der Waals surface area (Å²) in [4.78, 5) is 14.6. The molecule has 7 heteroatoms. The quantitative estimate of drug-likeness (QED) is 0.171. The number of nitrogens with one attached hydrogen (secondary N) is 1. The summed E-state index contributed by atoms with van der Waals surface area (Å²) in [6.07, 6.45) is 5.30. The lowest BCUT2D eigenvalue weighted by atomic mass is 9.90. The van der Waals surface area contributed by atoms with E-state index in [0.717, 1.165) is 28.8 Å². The van der Waals surface area contributed by atoms with E-state index < -0.39 is 14.7 Å². The van der Waals surface area contributed by atoms with Crippen LogP contribution in [0.4, 0.5) is 0 Å². The SMILES string of the molecule is CCC=CC1(CO[SiH](C)C)NC(Cl)=C(C(C)(C)C)N1Cc1ccc(-c2ccccc2C(=O)OC)cc1. The van der Waals surface area contributed by atoms with Crippen LogP contribution < -0.4 is 5.32 Å². The van der Waals surface area contributed by atoms with Crippen LogP contribution in [0.2, 0.25) is 13.1 Å². The maximum Gasteiger partial charge on any atom is 0.338 e. The zero-order chi connectivity index (χ0) is 26.5. The van der Waals surface area contributed by atoms with Crippen molar-refractivity contribution < 1.29 is 14.0 Å². The molecule has 0 aromatic heterocycles. The number of ether oxygens (including phenoxy) is 1. The second-order valence-electron chi connectivity index (χ2n) is 10.5. The lowest BCUT2D eigenvalue weighted by Crippen LogP contribution is -2.55. The number of allylic oxidation sites excluding steroid dienone is 2. The van der Waals surface area contributed by atoms with Crippen LogP contribution in [-0.2, 0) is 15.7 Å². The number of rotatable bonds is 9. The fraction of sp³-hybridized carbons (Fsp3) is 0.414. The Labute approximate surface area is 222 Å². The highest BCUT2D eigenvalue weighted by Crippen LogP contribution is 2.43. The molecule has 1 atom stereocenters. The summed E-state index contributed by atoms with van der Waals surface area (Å²) in [7, 11) is 0.148. The fourth-order valence-corrected chi connectivity index (χ4v) is 5.62. The number of hydrogen-bond donors (Lipinski definition) is 1. The first-order chi connectivity index (χ1) is 17.0. The monoisotopic (exact) mass is 526 g/mol. The van der Waals surface area contributed by atoms with Crippen molar-refractivity contribution in [1.82, 2.24) is 10.2 Å². The van der Waals surface area contributed by atoms with Gasteiger partial charge in [-0.3, -0.25) is 0 Å². The Kier molecular flexibility index (Phi) is 9.09. The van der Waals surface area contributed by atoms with Crippen molar-refractivity contribution in [3.8, 4) is 11.1 Å². The molecular weight excluding hydrogens is 488 g/mol. The Morgan fingerprint density at radius 3 is 2.39 bits per heavy atom. The van der Waals surface area contributed by atoms with E-state index in [1.807, 2.05) is 18.2 Å². The third-order valence-corrected chi connectivity index (χ3v) is 7.31. The molecule has 0 spiro atoms. The fourth-order valence-electron chi connectivity index (χ4n) is 4.48. The minimum Gasteiger partial charge on any atom is -0.465 e. The number of carbonyl (C=O) groups excluding carboxylic acids is 1. The molecular formula is C29H39ClN2O3Si. The molecule has 0 bridgehead atoms. The molecule has 2 aromatic carbocycles. The van der Waals surface area contributed by atoms with Gasteiger partial charge in [-0.1, -0.05) is 87.8 Å². The molecule has 0 saturated heterocycles. The van der Waals surface area contributed by atoms with Crippen molar-refractivity contribution >= 4 is 26.6 Å². The molecule has 1 N–H and O–H groups in total. The van der Waals surface area contributed by atoms with E-state index >= 15 is 0 Å². The summed E-state index contributed by atoms with van der Waals surface area (Å²) in [6, 6.07) is 15.9. The molecule has 36 heavy (non-hydrogen) atoms. The minimum absolute atomic E-state index is 0.166. The van der Waals surface area contributed by atoms with Gasteiger partial charge < -0.3 is 19.4 Å². The van der Waals surface area contributed by atoms with Gasteiger partial charge in [0.25, 0.3) is 0 Å². The number of nitrogens with zero attached hydrogens (tertiary/aromatic N) is 1. The van der Waals surface area contributed by atoms with Crippen molar-refractivity contribution in [3.05, 3.63) is 82.7 Å². The highest BCUT2D eigenvalue weighted by molar-refractivity contribution is 6.48. The van der Waals surface area contributed by atoms with Crippen LogP contribution >= 0.6 is 11.6 Å². The summed E-state index contributed by atoms with van der Waals surface area (Å²) in [5.74, 6) is -0.339. The lowest BCUT2D eigenvalue weighted by molar-refractivity contribution is 0.0601. The maximum atomic E-state index is 12.3. The third kappa shape index (κ3) is 6.23. The zero-order valence-corrected chi connectivity index (χ0v) is 24.4. The summed E-state index contributed by atoms with van der Waals surface area (Å²) in [5.41, 5.74) is 3.87. The van der Waals surface area contributed by atoms with Crippen LogP contribution in [0, 0.1) is 5.41 Å². The molecule has 1 aliphatic heterocycles. The molecule has 0 amide bonds. The highest BCUT2D eigenvalue weighted by atomic mass is 35.5. The topological polar surface area (TPSA) is 50.8 Å². The van der Waals surface area contributed by atoms with Crippen LogP contribution in [0.25, 0.3) is 11.1 Å². The van der Waals surface area contributed by atoms with Gasteiger partial charge in [-0.2, -0.15) is 0 Å².